The summed E-state index contributed by atoms with van der Waals surface area (Å²) in [6.45, 7) is 1.83. The molecule has 1 amide bonds. The van der Waals surface area contributed by atoms with Gasteiger partial charge >= 0.3 is 6.18 Å². The molecule has 148 valence electrons. The molecule has 2 rings (SSSR count). The third kappa shape index (κ3) is 6.45. The molecule has 1 atom stereocenters. The largest absolute Gasteiger partial charge is 0.497 e. The van der Waals surface area contributed by atoms with Crippen molar-refractivity contribution in [3.8, 4) is 5.75 Å². The Labute approximate surface area is 162 Å². The van der Waals surface area contributed by atoms with Crippen LogP contribution in [0.2, 0.25) is 0 Å². The SMILES string of the molecule is COc1ccc(C(C)CC(=O)Nc2cc(CN)cc(C(F)(F)F)c2)cc1.Cl. The Kier molecular flexibility index (Phi) is 8.12. The van der Waals surface area contributed by atoms with Crippen LogP contribution in [-0.4, -0.2) is 13.0 Å². The summed E-state index contributed by atoms with van der Waals surface area (Å²) in [6, 6.07) is 10.6. The van der Waals surface area contributed by atoms with Crippen molar-refractivity contribution in [3.05, 3.63) is 59.2 Å². The van der Waals surface area contributed by atoms with E-state index in [1.54, 1.807) is 19.2 Å². The normalized spacial score (nSPS) is 12.1. The number of hydrogen-bond acceptors (Lipinski definition) is 3. The van der Waals surface area contributed by atoms with Gasteiger partial charge in [0.2, 0.25) is 5.91 Å². The molecule has 0 saturated carbocycles. The minimum atomic E-state index is -4.50. The van der Waals surface area contributed by atoms with Crippen LogP contribution in [0.3, 0.4) is 0 Å². The molecule has 0 spiro atoms. The van der Waals surface area contributed by atoms with E-state index in [0.717, 1.165) is 17.7 Å². The number of carbonyl (C=O) groups excluding carboxylic acids is 1. The Bertz CT molecular complexity index is 765. The number of anilines is 1. The third-order valence-electron chi connectivity index (χ3n) is 4.02. The Hall–Kier alpha value is -2.25. The first-order chi connectivity index (χ1) is 12.2. The second kappa shape index (κ2) is 9.62. The summed E-state index contributed by atoms with van der Waals surface area (Å²) in [7, 11) is 1.57. The molecule has 1 unspecified atom stereocenters. The molecule has 8 heteroatoms. The number of amides is 1. The number of alkyl halides is 3. The van der Waals surface area contributed by atoms with Crippen molar-refractivity contribution in [2.75, 3.05) is 12.4 Å². The zero-order valence-electron chi connectivity index (χ0n) is 15.0. The smallest absolute Gasteiger partial charge is 0.416 e. The Balaban J connectivity index is 0.00000364. The van der Waals surface area contributed by atoms with Crippen LogP contribution in [0.15, 0.2) is 42.5 Å². The monoisotopic (exact) mass is 402 g/mol. The molecular weight excluding hydrogens is 381 g/mol. The van der Waals surface area contributed by atoms with E-state index in [9.17, 15) is 18.0 Å². The Morgan fingerprint density at radius 3 is 2.33 bits per heavy atom. The zero-order chi connectivity index (χ0) is 19.3. The predicted molar refractivity (Wildman–Crippen MR) is 101 cm³/mol. The summed E-state index contributed by atoms with van der Waals surface area (Å²) < 4.78 is 43.9. The van der Waals surface area contributed by atoms with Crippen LogP contribution in [0.25, 0.3) is 0 Å². The van der Waals surface area contributed by atoms with E-state index in [2.05, 4.69) is 5.32 Å². The van der Waals surface area contributed by atoms with Gasteiger partial charge in [0.25, 0.3) is 0 Å². The first-order valence-corrected chi connectivity index (χ1v) is 8.08. The van der Waals surface area contributed by atoms with Gasteiger partial charge in [0.05, 0.1) is 12.7 Å². The summed E-state index contributed by atoms with van der Waals surface area (Å²) in [5, 5.41) is 2.53. The van der Waals surface area contributed by atoms with E-state index in [0.29, 0.717) is 11.3 Å². The molecule has 0 bridgehead atoms. The molecule has 0 heterocycles. The summed E-state index contributed by atoms with van der Waals surface area (Å²) in [5.41, 5.74) is 5.95. The van der Waals surface area contributed by atoms with Crippen LogP contribution in [-0.2, 0) is 17.5 Å². The van der Waals surface area contributed by atoms with E-state index in [4.69, 9.17) is 10.5 Å². The number of ether oxygens (including phenoxy) is 1. The summed E-state index contributed by atoms with van der Waals surface area (Å²) in [5.74, 6) is 0.250. The van der Waals surface area contributed by atoms with Crippen LogP contribution in [0.5, 0.6) is 5.75 Å². The first kappa shape index (κ1) is 22.8. The fraction of sp³-hybridized carbons (Fsp3) is 0.316. The van der Waals surface area contributed by atoms with Crippen molar-refractivity contribution in [2.45, 2.75) is 32.0 Å². The highest BCUT2D eigenvalue weighted by atomic mass is 35.5. The summed E-state index contributed by atoms with van der Waals surface area (Å²) in [6.07, 6.45) is -4.36. The fourth-order valence-electron chi connectivity index (χ4n) is 2.59. The molecular formula is C19H22ClF3N2O2. The molecule has 0 aliphatic rings. The molecule has 2 aromatic rings. The van der Waals surface area contributed by atoms with E-state index < -0.39 is 11.7 Å². The van der Waals surface area contributed by atoms with Crippen molar-refractivity contribution in [1.29, 1.82) is 0 Å². The summed E-state index contributed by atoms with van der Waals surface area (Å²) >= 11 is 0. The lowest BCUT2D eigenvalue weighted by molar-refractivity contribution is -0.137. The highest BCUT2D eigenvalue weighted by Gasteiger charge is 2.31. The molecule has 0 aliphatic heterocycles. The van der Waals surface area contributed by atoms with Gasteiger partial charge in [-0.25, -0.2) is 0 Å². The average Bonchev–Trinajstić information content (AvgIpc) is 2.60. The minimum Gasteiger partial charge on any atom is -0.497 e. The van der Waals surface area contributed by atoms with E-state index >= 15 is 0 Å². The van der Waals surface area contributed by atoms with Crippen LogP contribution in [0, 0.1) is 0 Å². The van der Waals surface area contributed by atoms with Gasteiger partial charge in [0.15, 0.2) is 0 Å². The average molecular weight is 403 g/mol. The molecule has 3 N–H and O–H groups in total. The number of nitrogens with one attached hydrogen (secondary N) is 1. The maximum atomic E-state index is 13.0. The topological polar surface area (TPSA) is 64.3 Å². The minimum absolute atomic E-state index is 0. The van der Waals surface area contributed by atoms with E-state index in [1.807, 2.05) is 19.1 Å². The standard InChI is InChI=1S/C19H21F3N2O2.ClH/c1-12(14-3-5-17(26-2)6-4-14)7-18(25)24-16-9-13(11-23)8-15(10-16)19(20,21)22;/h3-6,8-10,12H,7,11,23H2,1-2H3,(H,24,25);1H. The van der Waals surface area contributed by atoms with Gasteiger partial charge in [-0.05, 0) is 47.4 Å². The second-order valence-electron chi connectivity index (χ2n) is 6.05. The maximum Gasteiger partial charge on any atom is 0.416 e. The van der Waals surface area contributed by atoms with Gasteiger partial charge in [0.1, 0.15) is 5.75 Å². The van der Waals surface area contributed by atoms with Gasteiger partial charge < -0.3 is 15.8 Å². The number of nitrogens with two attached hydrogens (primary N) is 1. The van der Waals surface area contributed by atoms with Crippen LogP contribution >= 0.6 is 12.4 Å². The Morgan fingerprint density at radius 1 is 1.19 bits per heavy atom. The zero-order valence-corrected chi connectivity index (χ0v) is 15.8. The molecule has 4 nitrogen and oxygen atoms in total. The lowest BCUT2D eigenvalue weighted by atomic mass is 9.97. The molecule has 27 heavy (non-hydrogen) atoms. The molecule has 0 saturated heterocycles. The second-order valence-corrected chi connectivity index (χ2v) is 6.05. The van der Waals surface area contributed by atoms with E-state index in [-0.39, 0.29) is 42.9 Å². The number of hydrogen-bond donors (Lipinski definition) is 2. The number of rotatable bonds is 6. The van der Waals surface area contributed by atoms with Crippen molar-refractivity contribution in [2.24, 2.45) is 5.73 Å². The third-order valence-corrected chi connectivity index (χ3v) is 4.02. The number of halogens is 4. The van der Waals surface area contributed by atoms with Crippen LogP contribution in [0.1, 0.15) is 36.0 Å². The van der Waals surface area contributed by atoms with Crippen molar-refractivity contribution in [3.63, 3.8) is 0 Å². The number of carbonyl (C=O) groups is 1. The molecule has 0 aromatic heterocycles. The quantitative estimate of drug-likeness (QED) is 0.734. The molecule has 0 aliphatic carbocycles. The van der Waals surface area contributed by atoms with Gasteiger partial charge in [-0.1, -0.05) is 19.1 Å². The fourth-order valence-corrected chi connectivity index (χ4v) is 2.59. The van der Waals surface area contributed by atoms with Crippen molar-refractivity contribution >= 4 is 24.0 Å². The van der Waals surface area contributed by atoms with Crippen molar-refractivity contribution < 1.29 is 22.7 Å². The van der Waals surface area contributed by atoms with Gasteiger partial charge in [-0.15, -0.1) is 12.4 Å². The molecule has 0 radical (unpaired) electrons. The lowest BCUT2D eigenvalue weighted by Gasteiger charge is -2.15. The van der Waals surface area contributed by atoms with Gasteiger partial charge in [-0.3, -0.25) is 4.79 Å². The molecule has 2 aromatic carbocycles. The van der Waals surface area contributed by atoms with Crippen LogP contribution in [0.4, 0.5) is 18.9 Å². The van der Waals surface area contributed by atoms with Crippen LogP contribution < -0.4 is 15.8 Å². The van der Waals surface area contributed by atoms with E-state index in [1.165, 1.54) is 6.07 Å². The lowest BCUT2D eigenvalue weighted by Crippen LogP contribution is -2.16. The maximum absolute atomic E-state index is 13.0. The number of benzene rings is 2. The Morgan fingerprint density at radius 2 is 1.81 bits per heavy atom. The number of methoxy groups -OCH3 is 1. The van der Waals surface area contributed by atoms with Gasteiger partial charge in [0, 0.05) is 18.7 Å². The highest BCUT2D eigenvalue weighted by molar-refractivity contribution is 5.91. The highest BCUT2D eigenvalue weighted by Crippen LogP contribution is 2.32. The van der Waals surface area contributed by atoms with Gasteiger partial charge in [-0.2, -0.15) is 13.2 Å². The summed E-state index contributed by atoms with van der Waals surface area (Å²) in [4.78, 5) is 12.2. The first-order valence-electron chi connectivity index (χ1n) is 8.08. The van der Waals surface area contributed by atoms with Crippen molar-refractivity contribution in [1.82, 2.24) is 0 Å². The predicted octanol–water partition coefficient (Wildman–Crippen LogP) is 4.73. The molecule has 0 fully saturated rings.